The van der Waals surface area contributed by atoms with Crippen molar-refractivity contribution < 1.29 is 51.0 Å². The van der Waals surface area contributed by atoms with E-state index in [4.69, 9.17) is 9.47 Å². The molecule has 0 bridgehead atoms. The predicted octanol–water partition coefficient (Wildman–Crippen LogP) is 5.84. The molecular weight excluding hydrogens is 636 g/mol. The van der Waals surface area contributed by atoms with Gasteiger partial charge in [0, 0.05) is 32.4 Å². The van der Waals surface area contributed by atoms with E-state index in [1.165, 1.54) is 4.90 Å². The van der Waals surface area contributed by atoms with Crippen molar-refractivity contribution in [2.24, 2.45) is 11.8 Å². The Hall–Kier alpha value is -4.29. The number of rotatable bonds is 14. The van der Waals surface area contributed by atoms with Crippen molar-refractivity contribution in [2.45, 2.75) is 84.9 Å². The number of hydrogen-bond acceptors (Lipinski definition) is 7. The highest BCUT2D eigenvalue weighted by molar-refractivity contribution is 5.94. The van der Waals surface area contributed by atoms with Crippen LogP contribution in [-0.2, 0) is 46.5 Å². The Kier molecular flexibility index (Phi) is 16.2. The molecule has 1 aliphatic rings. The van der Waals surface area contributed by atoms with Crippen LogP contribution in [-0.4, -0.2) is 77.5 Å². The monoisotopic (exact) mass is 680 g/mol. The third-order valence-electron chi connectivity index (χ3n) is 6.98. The van der Waals surface area contributed by atoms with E-state index in [2.05, 4.69) is 0 Å². The fourth-order valence-corrected chi connectivity index (χ4v) is 5.02. The number of likely N-dealkylation sites (tertiary alicyclic amines) is 1. The molecule has 48 heavy (non-hydrogen) atoms. The molecule has 2 amide bonds. The molecule has 1 heterocycles. The number of benzene rings is 2. The van der Waals surface area contributed by atoms with Crippen LogP contribution in [0.2, 0.25) is 0 Å². The van der Waals surface area contributed by atoms with Gasteiger partial charge in [-0.2, -0.15) is 0 Å². The average molecular weight is 681 g/mol. The molecule has 13 heteroatoms. The number of halogens is 4. The third kappa shape index (κ3) is 15.1. The number of hydrogen-bond donors (Lipinski definition) is 0. The Morgan fingerprint density at radius 1 is 0.896 bits per heavy atom. The van der Waals surface area contributed by atoms with Crippen LogP contribution >= 0.6 is 0 Å². The van der Waals surface area contributed by atoms with Crippen molar-refractivity contribution in [2.75, 3.05) is 19.7 Å². The van der Waals surface area contributed by atoms with E-state index in [1.807, 2.05) is 30.3 Å². The number of nitrogens with zero attached hydrogens (tertiary/aromatic N) is 2. The van der Waals surface area contributed by atoms with E-state index in [-0.39, 0.29) is 37.8 Å². The highest BCUT2D eigenvalue weighted by atomic mass is 19.3. The predicted molar refractivity (Wildman–Crippen MR) is 169 cm³/mol. The summed E-state index contributed by atoms with van der Waals surface area (Å²) in [4.78, 5) is 63.2. The lowest BCUT2D eigenvalue weighted by atomic mass is 9.93. The van der Waals surface area contributed by atoms with Gasteiger partial charge in [0.05, 0.1) is 31.4 Å². The highest BCUT2D eigenvalue weighted by Gasteiger charge is 2.35. The molecule has 1 fully saturated rings. The van der Waals surface area contributed by atoms with Crippen LogP contribution in [0, 0.1) is 11.8 Å². The van der Waals surface area contributed by atoms with Crippen LogP contribution in [0.25, 0.3) is 0 Å². The first-order chi connectivity index (χ1) is 22.6. The SMILES string of the molecule is CCOC(=O)CN(Cc1ccccc1)C(=O)C(CC(=O)OC(C)(C)C)CC(F)F.O=C1CC(CC(F)F)C(=O)N(Cc2ccccc2)C1. The van der Waals surface area contributed by atoms with E-state index < -0.39 is 73.9 Å². The number of amides is 2. The molecule has 9 nitrogen and oxygen atoms in total. The Morgan fingerprint density at radius 3 is 2.00 bits per heavy atom. The number of carbonyl (C=O) groups is 5. The Labute approximate surface area is 278 Å². The molecule has 0 saturated carbocycles. The molecule has 2 unspecified atom stereocenters. The first-order valence-corrected chi connectivity index (χ1v) is 15.7. The second-order valence-electron chi connectivity index (χ2n) is 12.3. The van der Waals surface area contributed by atoms with Crippen LogP contribution in [0.4, 0.5) is 17.6 Å². The van der Waals surface area contributed by atoms with Gasteiger partial charge in [0.1, 0.15) is 12.1 Å². The summed E-state index contributed by atoms with van der Waals surface area (Å²) in [7, 11) is 0. The maximum Gasteiger partial charge on any atom is 0.325 e. The second-order valence-corrected chi connectivity index (χ2v) is 12.3. The zero-order chi connectivity index (χ0) is 35.9. The van der Waals surface area contributed by atoms with Crippen molar-refractivity contribution in [3.8, 4) is 0 Å². The number of ether oxygens (including phenoxy) is 2. The number of alkyl halides is 4. The van der Waals surface area contributed by atoms with E-state index in [0.717, 1.165) is 16.0 Å². The summed E-state index contributed by atoms with van der Waals surface area (Å²) in [5.74, 6) is -4.77. The van der Waals surface area contributed by atoms with Crippen LogP contribution in [0.1, 0.15) is 64.5 Å². The molecule has 1 aliphatic heterocycles. The molecule has 0 spiro atoms. The molecule has 2 atom stereocenters. The summed E-state index contributed by atoms with van der Waals surface area (Å²) in [6, 6.07) is 18.0. The fraction of sp³-hybridized carbons (Fsp3) is 0.514. The average Bonchev–Trinajstić information content (AvgIpc) is 2.98. The van der Waals surface area contributed by atoms with Crippen molar-refractivity contribution in [3.63, 3.8) is 0 Å². The molecule has 0 aromatic heterocycles. The maximum atomic E-state index is 13.1. The third-order valence-corrected chi connectivity index (χ3v) is 6.98. The van der Waals surface area contributed by atoms with Gasteiger partial charge in [-0.3, -0.25) is 24.0 Å². The summed E-state index contributed by atoms with van der Waals surface area (Å²) in [6.07, 6.45) is -7.23. The molecule has 2 aromatic rings. The van der Waals surface area contributed by atoms with Gasteiger partial charge in [-0.05, 0) is 38.8 Å². The van der Waals surface area contributed by atoms with Crippen molar-refractivity contribution in [1.29, 1.82) is 0 Å². The second kappa shape index (κ2) is 19.5. The topological polar surface area (TPSA) is 110 Å². The van der Waals surface area contributed by atoms with Gasteiger partial charge in [0.25, 0.3) is 0 Å². The van der Waals surface area contributed by atoms with Crippen molar-refractivity contribution in [1.82, 2.24) is 9.80 Å². The first-order valence-electron chi connectivity index (χ1n) is 15.7. The smallest absolute Gasteiger partial charge is 0.325 e. The summed E-state index contributed by atoms with van der Waals surface area (Å²) in [5.41, 5.74) is 0.809. The minimum absolute atomic E-state index is 0.0213. The maximum absolute atomic E-state index is 13.1. The highest BCUT2D eigenvalue weighted by Crippen LogP contribution is 2.24. The summed E-state index contributed by atoms with van der Waals surface area (Å²) < 4.78 is 61.0. The molecule has 0 N–H and O–H groups in total. The fourth-order valence-electron chi connectivity index (χ4n) is 5.02. The van der Waals surface area contributed by atoms with E-state index in [0.29, 0.717) is 6.54 Å². The van der Waals surface area contributed by atoms with Crippen molar-refractivity contribution >= 4 is 29.5 Å². The standard InChI is InChI=1S/C21H29F2NO5.C14H15F2NO2/c1-5-28-19(26)14-24(13-15-9-7-6-8-10-15)20(27)16(11-17(22)23)12-18(25)29-21(2,3)4;15-13(16)7-11-6-12(18)9-17(14(11)19)8-10-4-2-1-3-5-10/h6-10,16-17H,5,11-14H2,1-4H3;1-5,11,13H,6-9H2. The van der Waals surface area contributed by atoms with Gasteiger partial charge in [0.2, 0.25) is 24.7 Å². The van der Waals surface area contributed by atoms with E-state index in [1.54, 1.807) is 58.0 Å². The van der Waals surface area contributed by atoms with Gasteiger partial charge in [0.15, 0.2) is 5.78 Å². The molecule has 264 valence electrons. The van der Waals surface area contributed by atoms with Crippen LogP contribution in [0.5, 0.6) is 0 Å². The molecule has 2 aromatic carbocycles. The van der Waals surface area contributed by atoms with Crippen LogP contribution in [0.15, 0.2) is 60.7 Å². The lowest BCUT2D eigenvalue weighted by Crippen LogP contribution is -2.45. The minimum atomic E-state index is -2.78. The first kappa shape index (κ1) is 39.9. The summed E-state index contributed by atoms with van der Waals surface area (Å²) in [6.45, 7) is 6.67. The number of ketones is 1. The summed E-state index contributed by atoms with van der Waals surface area (Å²) in [5, 5.41) is 0. The molecule has 0 aliphatic carbocycles. The molecular formula is C35H44F4N2O7. The minimum Gasteiger partial charge on any atom is -0.465 e. The molecule has 0 radical (unpaired) electrons. The quantitative estimate of drug-likeness (QED) is 0.182. The number of esters is 2. The van der Waals surface area contributed by atoms with E-state index >= 15 is 0 Å². The number of Topliss-reactive ketones (excluding diaryl/α,β-unsaturated/α-hetero) is 1. The number of piperidine rings is 1. The zero-order valence-corrected chi connectivity index (χ0v) is 27.7. The normalized spacial score (nSPS) is 15.5. The van der Waals surface area contributed by atoms with Gasteiger partial charge in [-0.1, -0.05) is 60.7 Å². The lowest BCUT2D eigenvalue weighted by molar-refractivity contribution is -0.160. The molecule has 3 rings (SSSR count). The van der Waals surface area contributed by atoms with Gasteiger partial charge >= 0.3 is 11.9 Å². The molecule has 1 saturated heterocycles. The zero-order valence-electron chi connectivity index (χ0n) is 27.7. The summed E-state index contributed by atoms with van der Waals surface area (Å²) >= 11 is 0. The Morgan fingerprint density at radius 2 is 1.48 bits per heavy atom. The lowest BCUT2D eigenvalue weighted by Gasteiger charge is -2.31. The Balaban J connectivity index is 0.000000362. The Bertz CT molecular complexity index is 1340. The van der Waals surface area contributed by atoms with Crippen molar-refractivity contribution in [3.05, 3.63) is 71.8 Å². The largest absolute Gasteiger partial charge is 0.465 e. The van der Waals surface area contributed by atoms with Crippen LogP contribution in [0.3, 0.4) is 0 Å². The number of carbonyl (C=O) groups excluding carboxylic acids is 5. The van der Waals surface area contributed by atoms with E-state index in [9.17, 15) is 41.5 Å². The van der Waals surface area contributed by atoms with Crippen LogP contribution < -0.4 is 0 Å². The van der Waals surface area contributed by atoms with Gasteiger partial charge < -0.3 is 19.3 Å². The van der Waals surface area contributed by atoms with Gasteiger partial charge in [-0.15, -0.1) is 0 Å². The van der Waals surface area contributed by atoms with Gasteiger partial charge in [-0.25, -0.2) is 17.6 Å².